The first-order chi connectivity index (χ1) is 9.59. The van der Waals surface area contributed by atoms with Gasteiger partial charge in [0.05, 0.1) is 6.10 Å². The van der Waals surface area contributed by atoms with Gasteiger partial charge >= 0.3 is 12.1 Å². The molecule has 1 saturated heterocycles. The Morgan fingerprint density at radius 1 is 1.05 bits per heavy atom. The summed E-state index contributed by atoms with van der Waals surface area (Å²) < 4.78 is 75.5. The van der Waals surface area contributed by atoms with E-state index in [0.717, 1.165) is 0 Å². The Morgan fingerprint density at radius 3 is 1.95 bits per heavy atom. The molecule has 1 aliphatic heterocycles. The third-order valence-electron chi connectivity index (χ3n) is 4.33. The van der Waals surface area contributed by atoms with E-state index in [-0.39, 0.29) is 17.9 Å². The summed E-state index contributed by atoms with van der Waals surface area (Å²) in [4.78, 5) is 0. The maximum absolute atomic E-state index is 13.7. The molecule has 0 aromatic heterocycles. The average molecular weight is 350 g/mol. The molecule has 1 fully saturated rings. The molecule has 3 atom stereocenters. The fourth-order valence-corrected chi connectivity index (χ4v) is 3.29. The monoisotopic (exact) mass is 350 g/mol. The van der Waals surface area contributed by atoms with Gasteiger partial charge in [-0.1, -0.05) is 20.8 Å². The van der Waals surface area contributed by atoms with E-state index in [1.165, 1.54) is 0 Å². The number of alkyl halides is 5. The molecule has 1 unspecified atom stereocenters. The minimum Gasteiger partial charge on any atom is -0.411 e. The van der Waals surface area contributed by atoms with Gasteiger partial charge in [-0.2, -0.15) is 22.0 Å². The molecule has 1 rings (SSSR count). The van der Waals surface area contributed by atoms with Crippen molar-refractivity contribution in [1.82, 2.24) is 0 Å². The molecule has 9 heteroatoms. The Hall–Kier alpha value is -0.253. The highest BCUT2D eigenvalue weighted by molar-refractivity contribution is 6.74. The predicted molar refractivity (Wildman–Crippen MR) is 73.2 cm³/mol. The van der Waals surface area contributed by atoms with Gasteiger partial charge in [-0.05, 0) is 24.6 Å². The molecule has 132 valence electrons. The van der Waals surface area contributed by atoms with Gasteiger partial charge in [0, 0.05) is 6.42 Å². The predicted octanol–water partition coefficient (Wildman–Crippen LogP) is 4.07. The third kappa shape index (κ3) is 3.98. The Balaban J connectivity index is 3.06. The van der Waals surface area contributed by atoms with E-state index in [2.05, 4.69) is 4.74 Å². The molecule has 0 aromatic carbocycles. The molecule has 0 aromatic rings. The van der Waals surface area contributed by atoms with Crippen molar-refractivity contribution in [2.24, 2.45) is 0 Å². The molecule has 1 N–H and O–H groups in total. The zero-order valence-corrected chi connectivity index (χ0v) is 14.3. The minimum absolute atomic E-state index is 0.0380. The van der Waals surface area contributed by atoms with E-state index < -0.39 is 38.9 Å². The number of aliphatic hydroxyl groups excluding tert-OH is 1. The van der Waals surface area contributed by atoms with Gasteiger partial charge in [0.15, 0.2) is 20.7 Å². The third-order valence-corrected chi connectivity index (χ3v) is 8.83. The summed E-state index contributed by atoms with van der Waals surface area (Å²) in [6.45, 7) is 9.10. The quantitative estimate of drug-likeness (QED) is 0.616. The molecule has 3 nitrogen and oxygen atoms in total. The SMILES string of the molecule is CC(C)(C)[Si](C)(C)O[C@H]1CCC(O)O[C@@H]1C(F)(F)C(F)(F)F. The largest absolute Gasteiger partial charge is 0.456 e. The molecule has 0 spiro atoms. The number of halogens is 5. The van der Waals surface area contributed by atoms with Gasteiger partial charge in [0.1, 0.15) is 0 Å². The summed E-state index contributed by atoms with van der Waals surface area (Å²) in [5.74, 6) is -5.08. The number of hydrogen-bond acceptors (Lipinski definition) is 3. The first kappa shape index (κ1) is 19.8. The summed E-state index contributed by atoms with van der Waals surface area (Å²) >= 11 is 0. The van der Waals surface area contributed by atoms with E-state index in [0.29, 0.717) is 0 Å². The molecule has 22 heavy (non-hydrogen) atoms. The fourth-order valence-electron chi connectivity index (χ4n) is 1.94. The van der Waals surface area contributed by atoms with Crippen molar-refractivity contribution in [2.75, 3.05) is 0 Å². The lowest BCUT2D eigenvalue weighted by Gasteiger charge is -2.45. The van der Waals surface area contributed by atoms with Crippen LogP contribution < -0.4 is 0 Å². The van der Waals surface area contributed by atoms with E-state index >= 15 is 0 Å². The second kappa shape index (κ2) is 5.99. The van der Waals surface area contributed by atoms with E-state index in [1.807, 2.05) is 20.8 Å². The van der Waals surface area contributed by atoms with E-state index in [1.54, 1.807) is 13.1 Å². The summed E-state index contributed by atoms with van der Waals surface area (Å²) in [6.07, 6.45) is -11.5. The minimum atomic E-state index is -5.76. The zero-order chi connectivity index (χ0) is 17.6. The van der Waals surface area contributed by atoms with Crippen LogP contribution in [0.25, 0.3) is 0 Å². The van der Waals surface area contributed by atoms with Crippen LogP contribution in [0, 0.1) is 0 Å². The van der Waals surface area contributed by atoms with Crippen LogP contribution in [0.3, 0.4) is 0 Å². The van der Waals surface area contributed by atoms with Gasteiger partial charge in [-0.15, -0.1) is 0 Å². The molecular weight excluding hydrogens is 327 g/mol. The summed E-state index contributed by atoms with van der Waals surface area (Å²) in [7, 11) is -2.56. The second-order valence-electron chi connectivity index (χ2n) is 7.13. The van der Waals surface area contributed by atoms with Crippen LogP contribution >= 0.6 is 0 Å². The van der Waals surface area contributed by atoms with Crippen LogP contribution in [0.15, 0.2) is 0 Å². The van der Waals surface area contributed by atoms with Gasteiger partial charge in [0.2, 0.25) is 0 Å². The van der Waals surface area contributed by atoms with Crippen molar-refractivity contribution in [3.8, 4) is 0 Å². The topological polar surface area (TPSA) is 38.7 Å². The molecule has 0 saturated carbocycles. The Labute approximate surface area is 127 Å². The molecule has 0 bridgehead atoms. The van der Waals surface area contributed by atoms with Crippen LogP contribution in [0.5, 0.6) is 0 Å². The first-order valence-corrected chi connectivity index (χ1v) is 9.96. The lowest BCUT2D eigenvalue weighted by Crippen LogP contribution is -2.60. The summed E-state index contributed by atoms with van der Waals surface area (Å²) in [5.41, 5.74) is 0. The molecule has 0 amide bonds. The van der Waals surface area contributed by atoms with E-state index in [9.17, 15) is 27.1 Å². The summed E-state index contributed by atoms with van der Waals surface area (Å²) in [5, 5.41) is 8.97. The fraction of sp³-hybridized carbons (Fsp3) is 1.00. The second-order valence-corrected chi connectivity index (χ2v) is 11.9. The molecular formula is C13H23F5O3Si. The lowest BCUT2D eigenvalue weighted by atomic mass is 9.99. The average Bonchev–Trinajstić information content (AvgIpc) is 2.28. The standard InChI is InChI=1S/C13H23F5O3Si/c1-11(2,3)22(4,5)21-8-6-7-9(19)20-10(8)12(14,15)13(16,17)18/h8-10,19H,6-7H2,1-5H3/t8-,9?,10-/m0/s1. The maximum atomic E-state index is 13.7. The van der Waals surface area contributed by atoms with Crippen molar-refractivity contribution in [3.63, 3.8) is 0 Å². The number of aliphatic hydroxyl groups is 1. The van der Waals surface area contributed by atoms with Crippen LogP contribution in [-0.4, -0.2) is 44.0 Å². The highest BCUT2D eigenvalue weighted by Crippen LogP contribution is 2.46. The maximum Gasteiger partial charge on any atom is 0.456 e. The molecule has 0 radical (unpaired) electrons. The number of hydrogen-bond donors (Lipinski definition) is 1. The van der Waals surface area contributed by atoms with Gasteiger partial charge in [-0.25, -0.2) is 0 Å². The van der Waals surface area contributed by atoms with Crippen LogP contribution in [0.4, 0.5) is 22.0 Å². The Bertz CT molecular complexity index is 392. The van der Waals surface area contributed by atoms with Crippen molar-refractivity contribution in [3.05, 3.63) is 0 Å². The zero-order valence-electron chi connectivity index (χ0n) is 13.3. The van der Waals surface area contributed by atoms with Crippen molar-refractivity contribution >= 4 is 8.32 Å². The number of ether oxygens (including phenoxy) is 1. The van der Waals surface area contributed by atoms with Crippen LogP contribution in [-0.2, 0) is 9.16 Å². The lowest BCUT2D eigenvalue weighted by molar-refractivity contribution is -0.353. The van der Waals surface area contributed by atoms with E-state index in [4.69, 9.17) is 4.43 Å². The molecule has 1 heterocycles. The normalized spacial score (nSPS) is 28.8. The number of rotatable bonds is 3. The molecule has 0 aliphatic carbocycles. The Morgan fingerprint density at radius 2 is 1.55 bits per heavy atom. The van der Waals surface area contributed by atoms with Crippen molar-refractivity contribution in [1.29, 1.82) is 0 Å². The highest BCUT2D eigenvalue weighted by Gasteiger charge is 2.66. The van der Waals surface area contributed by atoms with Crippen LogP contribution in [0.2, 0.25) is 18.1 Å². The smallest absolute Gasteiger partial charge is 0.411 e. The van der Waals surface area contributed by atoms with Crippen LogP contribution in [0.1, 0.15) is 33.6 Å². The van der Waals surface area contributed by atoms with Gasteiger partial charge in [-0.3, -0.25) is 0 Å². The summed E-state index contributed by atoms with van der Waals surface area (Å²) in [6, 6.07) is 0. The van der Waals surface area contributed by atoms with Crippen molar-refractivity contribution < 1.29 is 36.2 Å². The highest BCUT2D eigenvalue weighted by atomic mass is 28.4. The van der Waals surface area contributed by atoms with Gasteiger partial charge in [0.25, 0.3) is 0 Å². The van der Waals surface area contributed by atoms with Crippen molar-refractivity contribution in [2.45, 2.75) is 82.3 Å². The van der Waals surface area contributed by atoms with Gasteiger partial charge < -0.3 is 14.3 Å². The Kier molecular flexibility index (Phi) is 5.39. The molecule has 1 aliphatic rings. The first-order valence-electron chi connectivity index (χ1n) is 7.05.